The lowest BCUT2D eigenvalue weighted by molar-refractivity contribution is 0.102. The Morgan fingerprint density at radius 3 is 1.57 bits per heavy atom. The fourth-order valence-corrected chi connectivity index (χ4v) is 0.864. The minimum Gasteiger partial charge on any atom is -0.382 e. The minimum absolute atomic E-state index is 0.392. The van der Waals surface area contributed by atoms with Gasteiger partial charge in [0.15, 0.2) is 0 Å². The van der Waals surface area contributed by atoms with Crippen molar-refractivity contribution in [2.75, 3.05) is 39.6 Å². The molecule has 2 aliphatic rings. The van der Waals surface area contributed by atoms with Gasteiger partial charge in [-0.3, -0.25) is 0 Å². The molecule has 2 unspecified atom stereocenters. The Kier molecular flexibility index (Phi) is 6.10. The van der Waals surface area contributed by atoms with Gasteiger partial charge in [0.05, 0.1) is 26.4 Å². The summed E-state index contributed by atoms with van der Waals surface area (Å²) in [5.74, 6) is 0. The van der Waals surface area contributed by atoms with Crippen molar-refractivity contribution in [1.82, 2.24) is 0 Å². The van der Waals surface area contributed by atoms with Crippen LogP contribution in [0.5, 0.6) is 0 Å². The SMILES string of the molecule is C(OCC1CO1)C1CO1.CCOCC. The third kappa shape index (κ3) is 7.26. The third-order valence-electron chi connectivity index (χ3n) is 1.82. The maximum absolute atomic E-state index is 5.23. The molecule has 2 saturated heterocycles. The molecule has 2 atom stereocenters. The Bertz CT molecular complexity index is 118. The molecule has 2 heterocycles. The molecule has 0 N–H and O–H groups in total. The molecule has 0 spiro atoms. The summed E-state index contributed by atoms with van der Waals surface area (Å²) in [6, 6.07) is 0. The first-order valence-electron chi connectivity index (χ1n) is 5.25. The summed E-state index contributed by atoms with van der Waals surface area (Å²) in [6.45, 7) is 8.93. The molecule has 0 saturated carbocycles. The molecule has 14 heavy (non-hydrogen) atoms. The maximum Gasteiger partial charge on any atom is 0.104 e. The van der Waals surface area contributed by atoms with Crippen LogP contribution in [0.3, 0.4) is 0 Å². The molecule has 0 bridgehead atoms. The molecule has 0 aromatic rings. The summed E-state index contributed by atoms with van der Waals surface area (Å²) >= 11 is 0. The third-order valence-corrected chi connectivity index (χ3v) is 1.82. The molecule has 0 amide bonds. The molecule has 4 nitrogen and oxygen atoms in total. The van der Waals surface area contributed by atoms with E-state index in [2.05, 4.69) is 0 Å². The number of rotatable bonds is 6. The molecular weight excluding hydrogens is 184 g/mol. The van der Waals surface area contributed by atoms with E-state index in [4.69, 9.17) is 18.9 Å². The molecule has 2 rings (SSSR count). The molecule has 0 radical (unpaired) electrons. The second-order valence-corrected chi connectivity index (χ2v) is 3.23. The average molecular weight is 204 g/mol. The summed E-state index contributed by atoms with van der Waals surface area (Å²) < 4.78 is 20.0. The Morgan fingerprint density at radius 2 is 1.36 bits per heavy atom. The van der Waals surface area contributed by atoms with Crippen molar-refractivity contribution in [1.29, 1.82) is 0 Å². The zero-order valence-corrected chi connectivity index (χ0v) is 9.03. The second kappa shape index (κ2) is 7.17. The Labute approximate surface area is 85.5 Å². The summed E-state index contributed by atoms with van der Waals surface area (Å²) in [5, 5.41) is 0. The van der Waals surface area contributed by atoms with E-state index in [1.165, 1.54) is 0 Å². The zero-order chi connectivity index (χ0) is 10.2. The van der Waals surface area contributed by atoms with E-state index in [1.54, 1.807) is 0 Å². The highest BCUT2D eigenvalue weighted by Crippen LogP contribution is 2.12. The molecular formula is C10H20O4. The molecule has 84 valence electrons. The van der Waals surface area contributed by atoms with E-state index in [-0.39, 0.29) is 0 Å². The number of hydrogen-bond donors (Lipinski definition) is 0. The normalized spacial score (nSPS) is 27.9. The van der Waals surface area contributed by atoms with Gasteiger partial charge in [0.2, 0.25) is 0 Å². The molecule has 2 fully saturated rings. The predicted molar refractivity (Wildman–Crippen MR) is 52.5 cm³/mol. The van der Waals surface area contributed by atoms with E-state index in [1.807, 2.05) is 13.8 Å². The predicted octanol–water partition coefficient (Wildman–Crippen LogP) is 0.843. The van der Waals surface area contributed by atoms with Crippen LogP contribution in [0.4, 0.5) is 0 Å². The monoisotopic (exact) mass is 204 g/mol. The van der Waals surface area contributed by atoms with Crippen LogP contribution in [0.2, 0.25) is 0 Å². The van der Waals surface area contributed by atoms with Gasteiger partial charge in [-0.05, 0) is 13.8 Å². The fourth-order valence-electron chi connectivity index (χ4n) is 0.864. The van der Waals surface area contributed by atoms with E-state index < -0.39 is 0 Å². The molecule has 0 aromatic heterocycles. The topological polar surface area (TPSA) is 43.5 Å². The van der Waals surface area contributed by atoms with Gasteiger partial charge in [0.25, 0.3) is 0 Å². The Hall–Kier alpha value is -0.160. The lowest BCUT2D eigenvalue weighted by Crippen LogP contribution is -2.06. The largest absolute Gasteiger partial charge is 0.382 e. The van der Waals surface area contributed by atoms with E-state index in [9.17, 15) is 0 Å². The summed E-state index contributed by atoms with van der Waals surface area (Å²) in [6.07, 6.45) is 0.785. The first-order valence-corrected chi connectivity index (χ1v) is 5.25. The van der Waals surface area contributed by atoms with Gasteiger partial charge in [-0.25, -0.2) is 0 Å². The van der Waals surface area contributed by atoms with Crippen LogP contribution < -0.4 is 0 Å². The second-order valence-electron chi connectivity index (χ2n) is 3.23. The van der Waals surface area contributed by atoms with Crippen LogP contribution in [0.15, 0.2) is 0 Å². The fraction of sp³-hybridized carbons (Fsp3) is 1.00. The van der Waals surface area contributed by atoms with Crippen LogP contribution in [0.25, 0.3) is 0 Å². The Balaban J connectivity index is 0.000000171. The standard InChI is InChI=1S/C6H10O3.C4H10O/c1(5-3-8-5)7-2-6-4-9-6;1-3-5-4-2/h5-6H,1-4H2;3-4H2,1-2H3. The number of hydrogen-bond acceptors (Lipinski definition) is 4. The first kappa shape index (κ1) is 11.9. The summed E-state index contributed by atoms with van der Waals surface area (Å²) in [4.78, 5) is 0. The van der Waals surface area contributed by atoms with Crippen molar-refractivity contribution >= 4 is 0 Å². The Morgan fingerprint density at radius 1 is 0.929 bits per heavy atom. The van der Waals surface area contributed by atoms with Crippen molar-refractivity contribution in [2.24, 2.45) is 0 Å². The van der Waals surface area contributed by atoms with Crippen molar-refractivity contribution in [3.05, 3.63) is 0 Å². The zero-order valence-electron chi connectivity index (χ0n) is 9.03. The van der Waals surface area contributed by atoms with Crippen LogP contribution in [-0.2, 0) is 18.9 Å². The quantitative estimate of drug-likeness (QED) is 0.601. The van der Waals surface area contributed by atoms with Crippen molar-refractivity contribution in [2.45, 2.75) is 26.1 Å². The average Bonchev–Trinajstić information content (AvgIpc) is 3.01. The van der Waals surface area contributed by atoms with Crippen LogP contribution >= 0.6 is 0 Å². The van der Waals surface area contributed by atoms with E-state index in [0.29, 0.717) is 12.2 Å². The van der Waals surface area contributed by atoms with E-state index >= 15 is 0 Å². The van der Waals surface area contributed by atoms with E-state index in [0.717, 1.165) is 39.6 Å². The molecule has 4 heteroatoms. The summed E-state index contributed by atoms with van der Waals surface area (Å²) in [5.41, 5.74) is 0. The van der Waals surface area contributed by atoms with Gasteiger partial charge in [0.1, 0.15) is 12.2 Å². The van der Waals surface area contributed by atoms with Gasteiger partial charge < -0.3 is 18.9 Å². The van der Waals surface area contributed by atoms with Gasteiger partial charge in [-0.15, -0.1) is 0 Å². The van der Waals surface area contributed by atoms with Crippen LogP contribution in [0, 0.1) is 0 Å². The highest BCUT2D eigenvalue weighted by atomic mass is 16.6. The molecule has 0 aromatic carbocycles. The number of ether oxygens (including phenoxy) is 4. The van der Waals surface area contributed by atoms with Crippen LogP contribution in [0.1, 0.15) is 13.8 Å². The highest BCUT2D eigenvalue weighted by molar-refractivity contribution is 4.71. The smallest absolute Gasteiger partial charge is 0.104 e. The van der Waals surface area contributed by atoms with Gasteiger partial charge in [0, 0.05) is 13.2 Å². The van der Waals surface area contributed by atoms with Crippen LogP contribution in [-0.4, -0.2) is 51.8 Å². The first-order chi connectivity index (χ1) is 6.86. The molecule has 0 aliphatic carbocycles. The minimum atomic E-state index is 0.392. The van der Waals surface area contributed by atoms with Gasteiger partial charge >= 0.3 is 0 Å². The van der Waals surface area contributed by atoms with Crippen molar-refractivity contribution in [3.8, 4) is 0 Å². The van der Waals surface area contributed by atoms with Crippen molar-refractivity contribution in [3.63, 3.8) is 0 Å². The number of epoxide rings is 2. The highest BCUT2D eigenvalue weighted by Gasteiger charge is 2.26. The summed E-state index contributed by atoms with van der Waals surface area (Å²) in [7, 11) is 0. The lowest BCUT2D eigenvalue weighted by atomic mass is 10.5. The van der Waals surface area contributed by atoms with Gasteiger partial charge in [-0.2, -0.15) is 0 Å². The maximum atomic E-state index is 5.23. The lowest BCUT2D eigenvalue weighted by Gasteiger charge is -1.95. The molecule has 2 aliphatic heterocycles. The van der Waals surface area contributed by atoms with Gasteiger partial charge in [-0.1, -0.05) is 0 Å². The van der Waals surface area contributed by atoms with Crippen molar-refractivity contribution < 1.29 is 18.9 Å².